The average Bonchev–Trinajstić information content (AvgIpc) is 3.14. The van der Waals surface area contributed by atoms with Crippen LogP contribution in [0.4, 0.5) is 0 Å². The van der Waals surface area contributed by atoms with Gasteiger partial charge in [0, 0.05) is 50.3 Å². The molecule has 0 N–H and O–H groups in total. The summed E-state index contributed by atoms with van der Waals surface area (Å²) in [6.07, 6.45) is 3.28. The molecule has 0 fully saturated rings. The van der Waals surface area contributed by atoms with E-state index in [1.165, 1.54) is 5.56 Å². The predicted octanol–water partition coefficient (Wildman–Crippen LogP) is 3.07. The normalized spacial score (nSPS) is 10.7. The van der Waals surface area contributed by atoms with Crippen molar-refractivity contribution in [3.8, 4) is 11.5 Å². The Morgan fingerprint density at radius 1 is 1.08 bits per heavy atom. The first-order valence-electron chi connectivity index (χ1n) is 8.65. The monoisotopic (exact) mass is 350 g/mol. The number of aryl methyl sites for hydroxylation is 2. The smallest absolute Gasteiger partial charge is 0.247 e. The first-order valence-corrected chi connectivity index (χ1v) is 8.65. The second-order valence-electron chi connectivity index (χ2n) is 6.25. The molecule has 134 valence electrons. The van der Waals surface area contributed by atoms with Gasteiger partial charge in [0.1, 0.15) is 0 Å². The molecular formula is C20H22N4O2. The molecule has 0 aliphatic heterocycles. The van der Waals surface area contributed by atoms with E-state index in [1.807, 2.05) is 49.4 Å². The molecule has 6 heteroatoms. The number of pyridine rings is 1. The highest BCUT2D eigenvalue weighted by atomic mass is 16.4. The number of amides is 1. The van der Waals surface area contributed by atoms with Crippen molar-refractivity contribution in [1.29, 1.82) is 0 Å². The van der Waals surface area contributed by atoms with E-state index in [0.717, 1.165) is 17.7 Å². The van der Waals surface area contributed by atoms with Crippen LogP contribution in [-0.4, -0.2) is 39.6 Å². The topological polar surface area (TPSA) is 72.1 Å². The Hall–Kier alpha value is -3.02. The van der Waals surface area contributed by atoms with Crippen LogP contribution in [0.5, 0.6) is 0 Å². The Kier molecular flexibility index (Phi) is 5.73. The lowest BCUT2D eigenvalue weighted by Gasteiger charge is -2.16. The third kappa shape index (κ3) is 4.75. The van der Waals surface area contributed by atoms with Gasteiger partial charge < -0.3 is 9.32 Å². The third-order valence-corrected chi connectivity index (χ3v) is 4.17. The molecule has 1 amide bonds. The van der Waals surface area contributed by atoms with Crippen molar-refractivity contribution < 1.29 is 9.21 Å². The zero-order chi connectivity index (χ0) is 18.4. The molecule has 2 aromatic heterocycles. The zero-order valence-electron chi connectivity index (χ0n) is 15.1. The molecule has 0 saturated heterocycles. The standard InChI is InChI=1S/C20H22N4O2/c1-15-6-8-16(9-7-15)20-23-22-18(26-20)10-11-19(25)24(2)14-12-17-5-3-4-13-21-17/h3-9,13H,10-12,14H2,1-2H3. The zero-order valence-corrected chi connectivity index (χ0v) is 15.1. The Morgan fingerprint density at radius 2 is 1.88 bits per heavy atom. The van der Waals surface area contributed by atoms with Gasteiger partial charge in [-0.1, -0.05) is 23.8 Å². The molecule has 0 atom stereocenters. The van der Waals surface area contributed by atoms with Gasteiger partial charge >= 0.3 is 0 Å². The number of hydrogen-bond acceptors (Lipinski definition) is 5. The van der Waals surface area contributed by atoms with Gasteiger partial charge in [-0.15, -0.1) is 10.2 Å². The maximum atomic E-state index is 12.3. The fourth-order valence-corrected chi connectivity index (χ4v) is 2.53. The van der Waals surface area contributed by atoms with Crippen LogP contribution in [0.2, 0.25) is 0 Å². The SMILES string of the molecule is Cc1ccc(-c2nnc(CCC(=O)N(C)CCc3ccccn3)o2)cc1. The van der Waals surface area contributed by atoms with E-state index < -0.39 is 0 Å². The number of carbonyl (C=O) groups is 1. The van der Waals surface area contributed by atoms with Gasteiger partial charge in [0.05, 0.1) is 0 Å². The van der Waals surface area contributed by atoms with Crippen LogP contribution in [-0.2, 0) is 17.6 Å². The highest BCUT2D eigenvalue weighted by Gasteiger charge is 2.13. The maximum absolute atomic E-state index is 12.3. The van der Waals surface area contributed by atoms with Crippen LogP contribution < -0.4 is 0 Å². The molecule has 0 radical (unpaired) electrons. The van der Waals surface area contributed by atoms with Gasteiger partial charge in [0.25, 0.3) is 0 Å². The summed E-state index contributed by atoms with van der Waals surface area (Å²) in [5, 5.41) is 8.11. The van der Waals surface area contributed by atoms with Crippen LogP contribution in [0.3, 0.4) is 0 Å². The molecule has 3 aromatic rings. The number of hydrogen-bond donors (Lipinski definition) is 0. The van der Waals surface area contributed by atoms with Gasteiger partial charge in [0.15, 0.2) is 0 Å². The molecule has 0 unspecified atom stereocenters. The quantitative estimate of drug-likeness (QED) is 0.655. The van der Waals surface area contributed by atoms with Gasteiger partial charge in [-0.3, -0.25) is 9.78 Å². The number of likely N-dealkylation sites (N-methyl/N-ethyl adjacent to an activating group) is 1. The molecule has 0 bridgehead atoms. The highest BCUT2D eigenvalue weighted by molar-refractivity contribution is 5.76. The highest BCUT2D eigenvalue weighted by Crippen LogP contribution is 2.18. The molecule has 0 aliphatic rings. The molecule has 0 saturated carbocycles. The summed E-state index contributed by atoms with van der Waals surface area (Å²) in [4.78, 5) is 18.3. The fourth-order valence-electron chi connectivity index (χ4n) is 2.53. The number of rotatable bonds is 7. The summed E-state index contributed by atoms with van der Waals surface area (Å²) in [6, 6.07) is 13.7. The summed E-state index contributed by atoms with van der Waals surface area (Å²) in [5.41, 5.74) is 3.03. The van der Waals surface area contributed by atoms with Crippen molar-refractivity contribution in [1.82, 2.24) is 20.1 Å². The number of benzene rings is 1. The minimum Gasteiger partial charge on any atom is -0.421 e. The molecule has 0 spiro atoms. The van der Waals surface area contributed by atoms with Gasteiger partial charge in [-0.25, -0.2) is 0 Å². The van der Waals surface area contributed by atoms with E-state index in [9.17, 15) is 4.79 Å². The first-order chi connectivity index (χ1) is 12.6. The number of nitrogens with zero attached hydrogens (tertiary/aromatic N) is 4. The average molecular weight is 350 g/mol. The van der Waals surface area contributed by atoms with Gasteiger partial charge in [-0.2, -0.15) is 0 Å². The molecule has 3 rings (SSSR count). The summed E-state index contributed by atoms with van der Waals surface area (Å²) in [7, 11) is 1.80. The van der Waals surface area contributed by atoms with Crippen molar-refractivity contribution >= 4 is 5.91 Å². The van der Waals surface area contributed by atoms with Crippen LogP contribution in [0, 0.1) is 6.92 Å². The molecule has 2 heterocycles. The summed E-state index contributed by atoms with van der Waals surface area (Å²) in [6.45, 7) is 2.66. The third-order valence-electron chi connectivity index (χ3n) is 4.17. The van der Waals surface area contributed by atoms with E-state index in [2.05, 4.69) is 15.2 Å². The Labute approximate surface area is 152 Å². The molecular weight excluding hydrogens is 328 g/mol. The summed E-state index contributed by atoms with van der Waals surface area (Å²) < 4.78 is 5.67. The molecule has 6 nitrogen and oxygen atoms in total. The van der Waals surface area contributed by atoms with Crippen LogP contribution in [0.25, 0.3) is 11.5 Å². The van der Waals surface area contributed by atoms with Crippen molar-refractivity contribution in [2.75, 3.05) is 13.6 Å². The van der Waals surface area contributed by atoms with Crippen molar-refractivity contribution in [3.63, 3.8) is 0 Å². The van der Waals surface area contributed by atoms with Crippen molar-refractivity contribution in [2.45, 2.75) is 26.2 Å². The van der Waals surface area contributed by atoms with E-state index in [-0.39, 0.29) is 5.91 Å². The second kappa shape index (κ2) is 8.38. The fraction of sp³-hybridized carbons (Fsp3) is 0.300. The van der Waals surface area contributed by atoms with E-state index >= 15 is 0 Å². The minimum absolute atomic E-state index is 0.0519. The Bertz CT molecular complexity index is 844. The van der Waals surface area contributed by atoms with Gasteiger partial charge in [-0.05, 0) is 31.2 Å². The van der Waals surface area contributed by atoms with Crippen LogP contribution >= 0.6 is 0 Å². The Morgan fingerprint density at radius 3 is 2.62 bits per heavy atom. The molecule has 0 aliphatic carbocycles. The summed E-state index contributed by atoms with van der Waals surface area (Å²) in [5.74, 6) is 1.01. The van der Waals surface area contributed by atoms with Crippen molar-refractivity contribution in [3.05, 3.63) is 65.8 Å². The summed E-state index contributed by atoms with van der Waals surface area (Å²) >= 11 is 0. The lowest BCUT2D eigenvalue weighted by atomic mass is 10.1. The predicted molar refractivity (Wildman–Crippen MR) is 98.4 cm³/mol. The Balaban J connectivity index is 1.49. The largest absolute Gasteiger partial charge is 0.421 e. The van der Waals surface area contributed by atoms with Crippen LogP contribution in [0.1, 0.15) is 23.6 Å². The second-order valence-corrected chi connectivity index (χ2v) is 6.25. The van der Waals surface area contributed by atoms with Crippen LogP contribution in [0.15, 0.2) is 53.1 Å². The number of carbonyl (C=O) groups excluding carboxylic acids is 1. The number of aromatic nitrogens is 3. The minimum atomic E-state index is 0.0519. The van der Waals surface area contributed by atoms with Gasteiger partial charge in [0.2, 0.25) is 17.7 Å². The van der Waals surface area contributed by atoms with Crippen molar-refractivity contribution in [2.24, 2.45) is 0 Å². The first kappa shape index (κ1) is 17.8. The molecule has 26 heavy (non-hydrogen) atoms. The molecule has 1 aromatic carbocycles. The lowest BCUT2D eigenvalue weighted by molar-refractivity contribution is -0.129. The van der Waals surface area contributed by atoms with E-state index in [4.69, 9.17) is 4.42 Å². The van der Waals surface area contributed by atoms with E-state index in [0.29, 0.717) is 31.2 Å². The van der Waals surface area contributed by atoms with E-state index in [1.54, 1.807) is 18.1 Å². The maximum Gasteiger partial charge on any atom is 0.247 e. The lowest BCUT2D eigenvalue weighted by Crippen LogP contribution is -2.29.